The molecule has 0 amide bonds. The van der Waals surface area contributed by atoms with Crippen molar-refractivity contribution in [1.29, 1.82) is 0 Å². The van der Waals surface area contributed by atoms with Crippen molar-refractivity contribution >= 4 is 15.9 Å². The van der Waals surface area contributed by atoms with Crippen LogP contribution in [-0.2, 0) is 5.41 Å². The Morgan fingerprint density at radius 2 is 1.68 bits per heavy atom. The quantitative estimate of drug-likeness (QED) is 0.403. The molecule has 3 aromatic rings. The highest BCUT2D eigenvalue weighted by Gasteiger charge is 2.43. The molecule has 0 saturated heterocycles. The lowest BCUT2D eigenvalue weighted by atomic mass is 9.67. The molecule has 0 unspecified atom stereocenters. The van der Waals surface area contributed by atoms with Gasteiger partial charge in [-0.15, -0.1) is 0 Å². The molecule has 0 N–H and O–H groups in total. The first-order chi connectivity index (χ1) is 15.5. The summed E-state index contributed by atoms with van der Waals surface area (Å²) in [6, 6.07) is 11.8. The van der Waals surface area contributed by atoms with Gasteiger partial charge >= 0.3 is 0 Å². The molecule has 0 aromatic heterocycles. The van der Waals surface area contributed by atoms with E-state index in [2.05, 4.69) is 15.9 Å². The molecule has 5 rings (SSSR count). The number of halogens is 1. The van der Waals surface area contributed by atoms with Crippen LogP contribution in [0.4, 0.5) is 0 Å². The van der Waals surface area contributed by atoms with Gasteiger partial charge in [-0.05, 0) is 64.3 Å². The summed E-state index contributed by atoms with van der Waals surface area (Å²) in [6.45, 7) is 0. The Bertz CT molecular complexity index is 1270. The predicted octanol–water partition coefficient (Wildman–Crippen LogP) is 7.35. The first-order valence-electron chi connectivity index (χ1n) is 12.5. The molecule has 3 aromatic carbocycles. The van der Waals surface area contributed by atoms with Gasteiger partial charge in [0, 0.05) is 15.4 Å². The topological polar surface area (TPSA) is 0 Å². The Balaban J connectivity index is 1.88. The minimum absolute atomic E-state index is 0.0832. The fraction of sp³-hybridized carbons (Fsp3) is 0.250. The average Bonchev–Trinajstić information content (AvgIpc) is 3.07. The molecule has 0 aliphatic heterocycles. The number of rotatable bonds is 1. The van der Waals surface area contributed by atoms with Gasteiger partial charge in [-0.3, -0.25) is 0 Å². The zero-order valence-electron chi connectivity index (χ0n) is 21.5. The van der Waals surface area contributed by atoms with Gasteiger partial charge in [-0.2, -0.15) is 0 Å². The van der Waals surface area contributed by atoms with Gasteiger partial charge in [-0.25, -0.2) is 0 Å². The summed E-state index contributed by atoms with van der Waals surface area (Å²) < 4.78 is 69.3. The lowest BCUT2D eigenvalue weighted by Gasteiger charge is -2.36. The Kier molecular flexibility index (Phi) is 2.15. The normalized spacial score (nSPS) is 26.0. The van der Waals surface area contributed by atoms with Crippen LogP contribution >= 0.6 is 15.9 Å². The molecule has 0 heterocycles. The van der Waals surface area contributed by atoms with Crippen molar-refractivity contribution in [1.82, 2.24) is 0 Å². The SMILES string of the molecule is [2H]c1c([2H])c(Br)c([2H])c(-c2ccc3c(c2)C2(c4ccccc4-3)C([2H])([2H])CCCC2([2H])[2H])c1[2H]. The third kappa shape index (κ3) is 2.33. The van der Waals surface area contributed by atoms with E-state index in [0.717, 1.165) is 11.1 Å². The fourth-order valence-corrected chi connectivity index (χ4v) is 4.28. The van der Waals surface area contributed by atoms with Crippen molar-refractivity contribution in [2.45, 2.75) is 37.4 Å². The molecule has 0 bridgehead atoms. The molecule has 2 aliphatic rings. The summed E-state index contributed by atoms with van der Waals surface area (Å²) >= 11 is 3.21. The molecule has 1 saturated carbocycles. The highest BCUT2D eigenvalue weighted by atomic mass is 79.9. The molecule has 0 atom stereocenters. The second kappa shape index (κ2) is 5.85. The van der Waals surface area contributed by atoms with E-state index in [-0.39, 0.29) is 47.0 Å². The van der Waals surface area contributed by atoms with Crippen LogP contribution < -0.4 is 0 Å². The Morgan fingerprint density at radius 3 is 2.56 bits per heavy atom. The summed E-state index contributed by atoms with van der Waals surface area (Å²) in [7, 11) is 0. The summed E-state index contributed by atoms with van der Waals surface area (Å²) in [6.07, 6.45) is -2.79. The van der Waals surface area contributed by atoms with Gasteiger partial charge in [0.15, 0.2) is 0 Å². The van der Waals surface area contributed by atoms with Crippen LogP contribution in [0.15, 0.2) is 71.1 Å². The number of hydrogen-bond donors (Lipinski definition) is 0. The molecular weight excluding hydrogens is 368 g/mol. The predicted molar refractivity (Wildman–Crippen MR) is 109 cm³/mol. The zero-order chi connectivity index (χ0) is 23.9. The summed E-state index contributed by atoms with van der Waals surface area (Å²) in [5.41, 5.74) is 1.80. The van der Waals surface area contributed by atoms with E-state index >= 15 is 0 Å². The number of hydrogen-bond acceptors (Lipinski definition) is 0. The molecule has 25 heavy (non-hydrogen) atoms. The van der Waals surface area contributed by atoms with Gasteiger partial charge in [-0.1, -0.05) is 83.7 Å². The lowest BCUT2D eigenvalue weighted by molar-refractivity contribution is 0.353. The zero-order valence-corrected chi connectivity index (χ0v) is 15.1. The van der Waals surface area contributed by atoms with Crippen LogP contribution in [0, 0.1) is 0 Å². The summed E-state index contributed by atoms with van der Waals surface area (Å²) in [5, 5.41) is 0. The van der Waals surface area contributed by atoms with Gasteiger partial charge in [0.1, 0.15) is 0 Å². The maximum Gasteiger partial charge on any atom is 0.0641 e. The second-order valence-electron chi connectivity index (χ2n) is 6.45. The van der Waals surface area contributed by atoms with E-state index in [4.69, 9.17) is 11.0 Å². The van der Waals surface area contributed by atoms with Crippen LogP contribution in [0.3, 0.4) is 0 Å². The monoisotopic (exact) mass is 396 g/mol. The van der Waals surface area contributed by atoms with Gasteiger partial charge in [0.05, 0.1) is 5.48 Å². The Hall–Kier alpha value is -1.86. The van der Waals surface area contributed by atoms with Crippen LogP contribution in [0.25, 0.3) is 22.3 Å². The molecule has 1 heteroatoms. The first kappa shape index (κ1) is 9.19. The summed E-state index contributed by atoms with van der Waals surface area (Å²) in [5.74, 6) is 0. The van der Waals surface area contributed by atoms with E-state index in [1.54, 1.807) is 12.1 Å². The Labute approximate surface area is 169 Å². The van der Waals surface area contributed by atoms with Crippen LogP contribution in [0.2, 0.25) is 0 Å². The molecule has 0 nitrogen and oxygen atoms in total. The van der Waals surface area contributed by atoms with Gasteiger partial charge < -0.3 is 0 Å². The largest absolute Gasteiger partial charge is 0.0641 e. The van der Waals surface area contributed by atoms with Gasteiger partial charge in [0.2, 0.25) is 0 Å². The van der Waals surface area contributed by atoms with E-state index in [9.17, 15) is 0 Å². The highest BCUT2D eigenvalue weighted by molar-refractivity contribution is 9.10. The maximum atomic E-state index is 9.03. The Morgan fingerprint density at radius 1 is 0.880 bits per heavy atom. The van der Waals surface area contributed by atoms with E-state index in [0.29, 0.717) is 23.1 Å². The van der Waals surface area contributed by atoms with Crippen molar-refractivity contribution in [3.63, 3.8) is 0 Å². The molecule has 124 valence electrons. The molecule has 2 aliphatic carbocycles. The van der Waals surface area contributed by atoms with E-state index < -0.39 is 18.2 Å². The van der Waals surface area contributed by atoms with Crippen LogP contribution in [0.5, 0.6) is 0 Å². The number of benzene rings is 3. The highest BCUT2D eigenvalue weighted by Crippen LogP contribution is 2.56. The van der Waals surface area contributed by atoms with Crippen molar-refractivity contribution in [3.05, 3.63) is 82.2 Å². The number of fused-ring (bicyclic) bond motifs is 5. The summed E-state index contributed by atoms with van der Waals surface area (Å²) in [4.78, 5) is 0. The molecule has 1 fully saturated rings. The minimum atomic E-state index is -1.85. The van der Waals surface area contributed by atoms with Crippen molar-refractivity contribution in [3.8, 4) is 22.3 Å². The first-order valence-corrected chi connectivity index (χ1v) is 9.25. The average molecular weight is 397 g/mol. The van der Waals surface area contributed by atoms with Crippen LogP contribution in [-0.4, -0.2) is 0 Å². The fourth-order valence-electron chi connectivity index (χ4n) is 3.98. The van der Waals surface area contributed by atoms with E-state index in [1.807, 2.05) is 30.3 Å². The lowest BCUT2D eigenvalue weighted by Crippen LogP contribution is -2.28. The maximum absolute atomic E-state index is 9.03. The third-order valence-corrected chi connectivity index (χ3v) is 5.46. The minimum Gasteiger partial charge on any atom is -0.0619 e. The molecule has 0 radical (unpaired) electrons. The third-order valence-electron chi connectivity index (χ3n) is 5.06. The van der Waals surface area contributed by atoms with Crippen molar-refractivity contribution in [2.24, 2.45) is 0 Å². The van der Waals surface area contributed by atoms with Crippen molar-refractivity contribution in [2.75, 3.05) is 0 Å². The van der Waals surface area contributed by atoms with E-state index in [1.165, 1.54) is 0 Å². The van der Waals surface area contributed by atoms with Crippen molar-refractivity contribution < 1.29 is 11.0 Å². The molecular formula is C24H21Br. The standard InChI is InChI=1S/C24H21Br/c25-19-8-6-7-17(15-19)18-11-12-21-20-9-2-3-10-22(20)24(23(21)16-18)13-4-1-5-14-24/h2-3,6-12,15-16H,1,4-5,13-14H2/i6D,7D,8D,13D2,14D2,15D. The van der Waals surface area contributed by atoms with Gasteiger partial charge in [0.25, 0.3) is 0 Å². The second-order valence-corrected chi connectivity index (χ2v) is 7.25. The smallest absolute Gasteiger partial charge is 0.0619 e. The molecule has 1 spiro atoms. The van der Waals surface area contributed by atoms with Crippen LogP contribution in [0.1, 0.15) is 54.1 Å².